The second kappa shape index (κ2) is 5.75. The van der Waals surface area contributed by atoms with Gasteiger partial charge in [-0.2, -0.15) is 0 Å². The predicted molar refractivity (Wildman–Crippen MR) is 82.3 cm³/mol. The second-order valence-electron chi connectivity index (χ2n) is 5.00. The summed E-state index contributed by atoms with van der Waals surface area (Å²) in [6, 6.07) is 0.654. The zero-order valence-corrected chi connectivity index (χ0v) is 13.3. The maximum Gasteiger partial charge on any atom is 0.326 e. The van der Waals surface area contributed by atoms with Crippen molar-refractivity contribution in [2.75, 3.05) is 0 Å². The fraction of sp³-hybridized carbons (Fsp3) is 0.214. The number of carbonyl (C=O) groups excluding carboxylic acids is 1. The van der Waals surface area contributed by atoms with Crippen molar-refractivity contribution in [3.05, 3.63) is 40.0 Å². The largest absolute Gasteiger partial charge is 0.480 e. The number of carboxylic acids is 1. The molecule has 0 spiro atoms. The third kappa shape index (κ3) is 2.73. The number of carboxylic acid groups (broad SMARTS) is 1. The van der Waals surface area contributed by atoms with Gasteiger partial charge in [0.25, 0.3) is 5.91 Å². The van der Waals surface area contributed by atoms with Crippen LogP contribution in [0.15, 0.2) is 18.5 Å². The molecule has 23 heavy (non-hydrogen) atoms. The van der Waals surface area contributed by atoms with Gasteiger partial charge in [0.2, 0.25) is 5.28 Å². The van der Waals surface area contributed by atoms with E-state index >= 15 is 0 Å². The summed E-state index contributed by atoms with van der Waals surface area (Å²) in [4.78, 5) is 36.8. The van der Waals surface area contributed by atoms with Crippen LogP contribution in [0, 0.1) is 0 Å². The molecule has 0 bridgehead atoms. The highest BCUT2D eigenvalue weighted by atomic mass is 35.5. The van der Waals surface area contributed by atoms with Gasteiger partial charge in [-0.1, -0.05) is 11.6 Å². The van der Waals surface area contributed by atoms with Gasteiger partial charge in [-0.25, -0.2) is 14.8 Å². The zero-order valence-electron chi connectivity index (χ0n) is 11.8. The van der Waals surface area contributed by atoms with Crippen molar-refractivity contribution in [2.24, 2.45) is 0 Å². The quantitative estimate of drug-likeness (QED) is 0.851. The predicted octanol–water partition coefficient (Wildman–Crippen LogP) is 2.27. The summed E-state index contributed by atoms with van der Waals surface area (Å²) in [6.45, 7) is 1.61. The fourth-order valence-corrected chi connectivity index (χ4v) is 2.65. The molecule has 0 unspecified atom stereocenters. The van der Waals surface area contributed by atoms with Gasteiger partial charge in [0.15, 0.2) is 0 Å². The van der Waals surface area contributed by atoms with E-state index in [2.05, 4.69) is 15.0 Å². The summed E-state index contributed by atoms with van der Waals surface area (Å²) in [7, 11) is 0. The fourth-order valence-electron chi connectivity index (χ4n) is 2.32. The van der Waals surface area contributed by atoms with Crippen LogP contribution < -0.4 is 0 Å². The molecule has 0 saturated heterocycles. The molecule has 2 aromatic rings. The van der Waals surface area contributed by atoms with E-state index in [0.29, 0.717) is 22.5 Å². The molecule has 0 radical (unpaired) electrons. The molecule has 3 rings (SSSR count). The number of hydrogen-bond donors (Lipinski definition) is 1. The lowest BCUT2D eigenvalue weighted by atomic mass is 10.1. The van der Waals surface area contributed by atoms with E-state index in [1.165, 1.54) is 24.2 Å². The number of rotatable bonds is 3. The van der Waals surface area contributed by atoms with Crippen molar-refractivity contribution in [3.8, 4) is 11.3 Å². The first-order valence-corrected chi connectivity index (χ1v) is 7.35. The summed E-state index contributed by atoms with van der Waals surface area (Å²) in [5.74, 6) is -1.46. The van der Waals surface area contributed by atoms with Gasteiger partial charge >= 0.3 is 5.97 Å². The van der Waals surface area contributed by atoms with Gasteiger partial charge < -0.3 is 10.0 Å². The average molecular weight is 353 g/mol. The van der Waals surface area contributed by atoms with Crippen molar-refractivity contribution in [1.29, 1.82) is 0 Å². The molecule has 2 aromatic heterocycles. The number of amides is 1. The minimum atomic E-state index is -1.07. The average Bonchev–Trinajstić information content (AvgIpc) is 2.85. The topological polar surface area (TPSA) is 96.3 Å². The molecule has 0 aliphatic carbocycles. The number of aliphatic carboxylic acids is 1. The Hall–Kier alpha value is -2.25. The molecule has 1 amide bonds. The third-order valence-corrected chi connectivity index (χ3v) is 4.05. The highest BCUT2D eigenvalue weighted by Crippen LogP contribution is 2.30. The molecule has 1 aliphatic heterocycles. The Bertz CT molecular complexity index is 828. The van der Waals surface area contributed by atoms with Crippen LogP contribution in [0.5, 0.6) is 0 Å². The summed E-state index contributed by atoms with van der Waals surface area (Å²) in [6.07, 6.45) is 2.88. The molecule has 7 nitrogen and oxygen atoms in total. The van der Waals surface area contributed by atoms with Gasteiger partial charge in [0.05, 0.1) is 34.7 Å². The smallest absolute Gasteiger partial charge is 0.326 e. The number of carbonyl (C=O) groups is 2. The van der Waals surface area contributed by atoms with Crippen LogP contribution in [-0.2, 0) is 11.3 Å². The summed E-state index contributed by atoms with van der Waals surface area (Å²) in [5.41, 5.74) is 1.72. The molecule has 9 heteroatoms. The Morgan fingerprint density at radius 2 is 2.09 bits per heavy atom. The van der Waals surface area contributed by atoms with Crippen LogP contribution in [0.3, 0.4) is 0 Å². The summed E-state index contributed by atoms with van der Waals surface area (Å²) >= 11 is 11.8. The molecule has 118 valence electrons. The maximum atomic E-state index is 12.4. The van der Waals surface area contributed by atoms with Crippen LogP contribution >= 0.6 is 23.2 Å². The van der Waals surface area contributed by atoms with E-state index in [0.717, 1.165) is 0 Å². The molecule has 1 aliphatic rings. The highest BCUT2D eigenvalue weighted by molar-refractivity contribution is 6.33. The summed E-state index contributed by atoms with van der Waals surface area (Å²) < 4.78 is 0. The number of halogens is 2. The normalized spacial score (nSPS) is 14.7. The molecule has 3 heterocycles. The molecule has 1 N–H and O–H groups in total. The zero-order chi connectivity index (χ0) is 16.7. The van der Waals surface area contributed by atoms with E-state index in [9.17, 15) is 9.59 Å². The van der Waals surface area contributed by atoms with Crippen molar-refractivity contribution < 1.29 is 14.7 Å². The standard InChI is InChI=1S/C14H10Cl2N4O3/c1-6(13(22)23)20-5-10-8(12(20)21)2-7(3-17-10)11-9(15)4-18-14(16)19-11/h2-4,6H,5H2,1H3,(H,22,23)/t6-/m1/s1. The maximum absolute atomic E-state index is 12.4. The minimum absolute atomic E-state index is 0.0253. The Morgan fingerprint density at radius 3 is 2.78 bits per heavy atom. The van der Waals surface area contributed by atoms with Crippen molar-refractivity contribution in [2.45, 2.75) is 19.5 Å². The highest BCUT2D eigenvalue weighted by Gasteiger charge is 2.35. The lowest BCUT2D eigenvalue weighted by molar-refractivity contribution is -0.141. The lowest BCUT2D eigenvalue weighted by Crippen LogP contribution is -2.38. The van der Waals surface area contributed by atoms with Crippen LogP contribution in [0.1, 0.15) is 23.0 Å². The summed E-state index contributed by atoms with van der Waals surface area (Å²) in [5, 5.41) is 9.38. The van der Waals surface area contributed by atoms with E-state index in [1.54, 1.807) is 6.07 Å². The van der Waals surface area contributed by atoms with Gasteiger partial charge in [-0.05, 0) is 24.6 Å². The minimum Gasteiger partial charge on any atom is -0.480 e. The molecule has 1 atom stereocenters. The van der Waals surface area contributed by atoms with Gasteiger partial charge in [-0.3, -0.25) is 9.78 Å². The number of aromatic nitrogens is 3. The Labute approximate surface area is 140 Å². The molecule has 0 fully saturated rings. The van der Waals surface area contributed by atoms with Crippen LogP contribution in [0.4, 0.5) is 0 Å². The van der Waals surface area contributed by atoms with Crippen LogP contribution in [0.2, 0.25) is 10.3 Å². The van der Waals surface area contributed by atoms with E-state index in [1.807, 2.05) is 0 Å². The van der Waals surface area contributed by atoms with Crippen molar-refractivity contribution >= 4 is 35.1 Å². The number of fused-ring (bicyclic) bond motifs is 1. The number of hydrogen-bond acceptors (Lipinski definition) is 5. The number of nitrogens with zero attached hydrogens (tertiary/aromatic N) is 4. The van der Waals surface area contributed by atoms with E-state index < -0.39 is 12.0 Å². The van der Waals surface area contributed by atoms with Crippen molar-refractivity contribution in [1.82, 2.24) is 19.9 Å². The molecule has 0 aromatic carbocycles. The first kappa shape index (κ1) is 15.6. The van der Waals surface area contributed by atoms with Gasteiger partial charge in [0.1, 0.15) is 6.04 Å². The number of pyridine rings is 1. The van der Waals surface area contributed by atoms with Gasteiger partial charge in [0, 0.05) is 11.8 Å². The lowest BCUT2D eigenvalue weighted by Gasteiger charge is -2.19. The van der Waals surface area contributed by atoms with Crippen LogP contribution in [-0.4, -0.2) is 42.9 Å². The Balaban J connectivity index is 2.01. The monoisotopic (exact) mass is 352 g/mol. The van der Waals surface area contributed by atoms with E-state index in [4.69, 9.17) is 28.3 Å². The third-order valence-electron chi connectivity index (χ3n) is 3.59. The SMILES string of the molecule is C[C@H](C(=O)O)N1Cc2ncc(-c3nc(Cl)ncc3Cl)cc2C1=O. The molecular formula is C14H10Cl2N4O3. The first-order valence-electron chi connectivity index (χ1n) is 6.59. The molecule has 0 saturated carbocycles. The van der Waals surface area contributed by atoms with Crippen molar-refractivity contribution in [3.63, 3.8) is 0 Å². The Kier molecular flexibility index (Phi) is 3.91. The first-order chi connectivity index (χ1) is 10.9. The molecular weight excluding hydrogens is 343 g/mol. The van der Waals surface area contributed by atoms with Crippen LogP contribution in [0.25, 0.3) is 11.3 Å². The second-order valence-corrected chi connectivity index (χ2v) is 5.75. The van der Waals surface area contributed by atoms with Gasteiger partial charge in [-0.15, -0.1) is 0 Å². The van der Waals surface area contributed by atoms with E-state index in [-0.39, 0.29) is 22.8 Å². The Morgan fingerprint density at radius 1 is 1.35 bits per heavy atom.